The predicted molar refractivity (Wildman–Crippen MR) is 81.1 cm³/mol. The van der Waals surface area contributed by atoms with E-state index in [1.54, 1.807) is 24.3 Å². The van der Waals surface area contributed by atoms with Gasteiger partial charge < -0.3 is 5.11 Å². The van der Waals surface area contributed by atoms with Crippen LogP contribution in [0.4, 0.5) is 0 Å². The van der Waals surface area contributed by atoms with Gasteiger partial charge in [0.15, 0.2) is 0 Å². The second-order valence-electron chi connectivity index (χ2n) is 4.00. The number of aromatic hydroxyl groups is 1. The number of rotatable bonds is 4. The third kappa shape index (κ3) is 6.15. The van der Waals surface area contributed by atoms with E-state index in [1.165, 1.54) is 0 Å². The summed E-state index contributed by atoms with van der Waals surface area (Å²) in [6.45, 7) is 3.31. The van der Waals surface area contributed by atoms with Gasteiger partial charge in [0.05, 0.1) is 11.7 Å². The fourth-order valence-corrected chi connectivity index (χ4v) is 1.46. The molecule has 5 heteroatoms. The maximum Gasteiger partial charge on any atom is 0.253 e. The quantitative estimate of drug-likeness (QED) is 0.692. The molecular weight excluding hydrogens is 268 g/mol. The molecule has 0 fully saturated rings. The SMILES string of the molecule is C=CN(N=O)C(=O)Cc1ccccc1.Oc1ccccc1. The van der Waals surface area contributed by atoms with E-state index in [9.17, 15) is 9.70 Å². The number of carbonyl (C=O) groups excluding carboxylic acids is 1. The van der Waals surface area contributed by atoms with Crippen molar-refractivity contribution in [1.82, 2.24) is 5.01 Å². The third-order valence-electron chi connectivity index (χ3n) is 2.47. The van der Waals surface area contributed by atoms with Crippen LogP contribution in [0.3, 0.4) is 0 Å². The number of nitrogens with zero attached hydrogens (tertiary/aromatic N) is 2. The van der Waals surface area contributed by atoms with E-state index >= 15 is 0 Å². The fourth-order valence-electron chi connectivity index (χ4n) is 1.46. The van der Waals surface area contributed by atoms with E-state index in [2.05, 4.69) is 11.9 Å². The number of phenols is 1. The molecule has 1 amide bonds. The summed E-state index contributed by atoms with van der Waals surface area (Å²) in [7, 11) is 0. The van der Waals surface area contributed by atoms with Gasteiger partial charge in [0.25, 0.3) is 5.91 Å². The Morgan fingerprint density at radius 1 is 1.10 bits per heavy atom. The van der Waals surface area contributed by atoms with E-state index in [0.717, 1.165) is 11.8 Å². The van der Waals surface area contributed by atoms with Crippen molar-refractivity contribution < 1.29 is 9.90 Å². The predicted octanol–water partition coefficient (Wildman–Crippen LogP) is 3.27. The molecule has 21 heavy (non-hydrogen) atoms. The van der Waals surface area contributed by atoms with Gasteiger partial charge in [0.1, 0.15) is 5.75 Å². The number of hydrogen-bond donors (Lipinski definition) is 1. The van der Waals surface area contributed by atoms with Crippen LogP contribution in [0.2, 0.25) is 0 Å². The molecule has 2 aromatic carbocycles. The summed E-state index contributed by atoms with van der Waals surface area (Å²) < 4.78 is 0. The number of hydrogen-bond acceptors (Lipinski definition) is 4. The van der Waals surface area contributed by atoms with Gasteiger partial charge in [-0.25, -0.2) is 0 Å². The maximum atomic E-state index is 11.3. The summed E-state index contributed by atoms with van der Waals surface area (Å²) in [6, 6.07) is 17.8. The van der Waals surface area contributed by atoms with Gasteiger partial charge in [-0.1, -0.05) is 55.1 Å². The van der Waals surface area contributed by atoms with Crippen LogP contribution in [0.25, 0.3) is 0 Å². The van der Waals surface area contributed by atoms with Crippen LogP contribution in [0, 0.1) is 4.91 Å². The highest BCUT2D eigenvalue weighted by Crippen LogP contribution is 2.03. The van der Waals surface area contributed by atoms with Crippen molar-refractivity contribution in [1.29, 1.82) is 0 Å². The Bertz CT molecular complexity index is 563. The molecule has 0 aromatic heterocycles. The van der Waals surface area contributed by atoms with Gasteiger partial charge in [0, 0.05) is 6.20 Å². The average molecular weight is 284 g/mol. The lowest BCUT2D eigenvalue weighted by Gasteiger charge is -2.06. The monoisotopic (exact) mass is 284 g/mol. The lowest BCUT2D eigenvalue weighted by atomic mass is 10.1. The Kier molecular flexibility index (Phi) is 6.93. The van der Waals surface area contributed by atoms with Gasteiger partial charge >= 0.3 is 0 Å². The molecule has 0 saturated carbocycles. The number of nitroso groups, excluding NO2 is 1. The molecule has 0 unspecified atom stereocenters. The zero-order valence-corrected chi connectivity index (χ0v) is 11.4. The van der Waals surface area contributed by atoms with Gasteiger partial charge in [-0.15, -0.1) is 4.91 Å². The first-order valence-electron chi connectivity index (χ1n) is 6.23. The van der Waals surface area contributed by atoms with Gasteiger partial charge in [-0.3, -0.25) is 4.79 Å². The van der Waals surface area contributed by atoms with Crippen molar-refractivity contribution in [2.24, 2.45) is 5.29 Å². The van der Waals surface area contributed by atoms with Crippen LogP contribution >= 0.6 is 0 Å². The lowest BCUT2D eigenvalue weighted by Crippen LogP contribution is -2.20. The summed E-state index contributed by atoms with van der Waals surface area (Å²) in [4.78, 5) is 21.5. The van der Waals surface area contributed by atoms with E-state index in [-0.39, 0.29) is 12.3 Å². The second kappa shape index (κ2) is 9.03. The molecule has 0 radical (unpaired) electrons. The smallest absolute Gasteiger partial charge is 0.253 e. The van der Waals surface area contributed by atoms with Crippen LogP contribution in [0.1, 0.15) is 5.56 Å². The molecular formula is C16H16N2O3. The van der Waals surface area contributed by atoms with Crippen LogP contribution in [0.5, 0.6) is 5.75 Å². The topological polar surface area (TPSA) is 70.0 Å². The highest BCUT2D eigenvalue weighted by molar-refractivity contribution is 5.79. The molecule has 0 aliphatic carbocycles. The zero-order valence-electron chi connectivity index (χ0n) is 11.4. The summed E-state index contributed by atoms with van der Waals surface area (Å²) in [5, 5.41) is 11.8. The zero-order chi connectivity index (χ0) is 15.5. The average Bonchev–Trinajstić information content (AvgIpc) is 2.51. The lowest BCUT2D eigenvalue weighted by molar-refractivity contribution is -0.128. The first-order chi connectivity index (χ1) is 10.2. The molecule has 2 aromatic rings. The maximum absolute atomic E-state index is 11.3. The number of para-hydroxylation sites is 1. The number of amides is 1. The first-order valence-corrected chi connectivity index (χ1v) is 6.23. The van der Waals surface area contributed by atoms with Crippen molar-refractivity contribution in [2.75, 3.05) is 0 Å². The van der Waals surface area contributed by atoms with Crippen molar-refractivity contribution >= 4 is 5.91 Å². The normalized spacial score (nSPS) is 8.95. The Balaban J connectivity index is 0.000000262. The summed E-state index contributed by atoms with van der Waals surface area (Å²) in [5.74, 6) is -0.0660. The highest BCUT2D eigenvalue weighted by atomic mass is 16.3. The first kappa shape index (κ1) is 16.1. The summed E-state index contributed by atoms with van der Waals surface area (Å²) in [6.07, 6.45) is 1.25. The number of carbonyl (C=O) groups is 1. The number of phenolic OH excluding ortho intramolecular Hbond substituents is 1. The van der Waals surface area contributed by atoms with Gasteiger partial charge in [0.2, 0.25) is 0 Å². The Morgan fingerprint density at radius 3 is 2.00 bits per heavy atom. The third-order valence-corrected chi connectivity index (χ3v) is 2.47. The Labute approximate surface area is 123 Å². The molecule has 0 atom stereocenters. The molecule has 0 saturated heterocycles. The van der Waals surface area contributed by atoms with Crippen LogP contribution in [0.15, 0.2) is 78.7 Å². The van der Waals surface area contributed by atoms with Crippen molar-refractivity contribution in [2.45, 2.75) is 6.42 Å². The van der Waals surface area contributed by atoms with Crippen LogP contribution < -0.4 is 0 Å². The van der Waals surface area contributed by atoms with Crippen LogP contribution in [-0.2, 0) is 11.2 Å². The van der Waals surface area contributed by atoms with E-state index in [0.29, 0.717) is 10.8 Å². The van der Waals surface area contributed by atoms with Gasteiger partial charge in [-0.2, -0.15) is 5.01 Å². The molecule has 0 spiro atoms. The summed E-state index contributed by atoms with van der Waals surface area (Å²) in [5.41, 5.74) is 0.841. The van der Waals surface area contributed by atoms with Crippen molar-refractivity contribution in [3.63, 3.8) is 0 Å². The molecule has 0 aliphatic heterocycles. The fraction of sp³-hybridized carbons (Fsp3) is 0.0625. The Hall–Kier alpha value is -2.95. The van der Waals surface area contributed by atoms with Gasteiger partial charge in [-0.05, 0) is 17.7 Å². The van der Waals surface area contributed by atoms with Crippen LogP contribution in [-0.4, -0.2) is 16.0 Å². The van der Waals surface area contributed by atoms with Crippen molar-refractivity contribution in [3.05, 3.63) is 83.9 Å². The highest BCUT2D eigenvalue weighted by Gasteiger charge is 2.10. The summed E-state index contributed by atoms with van der Waals surface area (Å²) >= 11 is 0. The molecule has 108 valence electrons. The molecule has 1 N–H and O–H groups in total. The molecule has 0 heterocycles. The van der Waals surface area contributed by atoms with E-state index < -0.39 is 0 Å². The minimum Gasteiger partial charge on any atom is -0.508 e. The van der Waals surface area contributed by atoms with E-state index in [4.69, 9.17) is 5.11 Å². The molecule has 0 bridgehead atoms. The van der Waals surface area contributed by atoms with E-state index in [1.807, 2.05) is 36.4 Å². The second-order valence-corrected chi connectivity index (χ2v) is 4.00. The standard InChI is InChI=1S/C10H10N2O2.C6H6O/c1-2-12(11-14)10(13)8-9-6-4-3-5-7-9;7-6-4-2-1-3-5-6/h2-7H,1,8H2;1-5,7H. The van der Waals surface area contributed by atoms with Crippen molar-refractivity contribution in [3.8, 4) is 5.75 Å². The Morgan fingerprint density at radius 2 is 1.62 bits per heavy atom. The largest absolute Gasteiger partial charge is 0.508 e. The molecule has 5 nitrogen and oxygen atoms in total. The minimum atomic E-state index is -0.388. The minimum absolute atomic E-state index is 0.151. The molecule has 2 rings (SSSR count). The molecule has 0 aliphatic rings. The number of benzene rings is 2.